The molecule has 0 aliphatic rings. The highest BCUT2D eigenvalue weighted by Crippen LogP contribution is 2.20. The highest BCUT2D eigenvalue weighted by atomic mass is 32.1. The van der Waals surface area contributed by atoms with E-state index in [0.717, 1.165) is 0 Å². The molecule has 5 nitrogen and oxygen atoms in total. The number of rotatable bonds is 4. The number of H-pyrrole nitrogens is 1. The van der Waals surface area contributed by atoms with Gasteiger partial charge in [-0.1, -0.05) is 26.1 Å². The maximum Gasteiger partial charge on any atom is 0.268 e. The summed E-state index contributed by atoms with van der Waals surface area (Å²) in [5.41, 5.74) is 5.82. The number of hydrogen-bond donors (Lipinski definition) is 2. The van der Waals surface area contributed by atoms with E-state index >= 15 is 0 Å². The molecule has 0 amide bonds. The second-order valence-electron chi connectivity index (χ2n) is 5.15. The standard InChI is InChI=1S/C12H19N3O2S/c1-7-8(2)10(17)15(14-9(7)16)6-5-12(3,4)11(13)18/h5-6H2,1-4H3,(H2,13,18)(H,14,16). The topological polar surface area (TPSA) is 80.9 Å². The van der Waals surface area contributed by atoms with Crippen LogP contribution in [0.1, 0.15) is 31.4 Å². The molecule has 6 heteroatoms. The summed E-state index contributed by atoms with van der Waals surface area (Å²) >= 11 is 4.97. The number of nitrogens with zero attached hydrogens (tertiary/aromatic N) is 1. The molecule has 3 N–H and O–H groups in total. The lowest BCUT2D eigenvalue weighted by molar-refractivity contribution is 0.406. The minimum Gasteiger partial charge on any atom is -0.393 e. The first kappa shape index (κ1) is 14.6. The molecule has 100 valence electrons. The minimum absolute atomic E-state index is 0.175. The number of thiocarbonyl (C=S) groups is 1. The first-order valence-corrected chi connectivity index (χ1v) is 6.18. The van der Waals surface area contributed by atoms with E-state index < -0.39 is 0 Å². The van der Waals surface area contributed by atoms with Crippen LogP contribution in [0, 0.1) is 19.3 Å². The van der Waals surface area contributed by atoms with Crippen molar-refractivity contribution in [2.75, 3.05) is 0 Å². The van der Waals surface area contributed by atoms with Crippen LogP contribution in [0.5, 0.6) is 0 Å². The normalized spacial score (nSPS) is 11.6. The van der Waals surface area contributed by atoms with Crippen LogP contribution >= 0.6 is 12.2 Å². The monoisotopic (exact) mass is 269 g/mol. The van der Waals surface area contributed by atoms with Gasteiger partial charge in [-0.2, -0.15) is 0 Å². The molecule has 0 spiro atoms. The molecule has 0 fully saturated rings. The first-order valence-electron chi connectivity index (χ1n) is 5.77. The van der Waals surface area contributed by atoms with Gasteiger partial charge in [0, 0.05) is 23.1 Å². The third-order valence-corrected chi connectivity index (χ3v) is 3.89. The zero-order valence-electron chi connectivity index (χ0n) is 11.2. The van der Waals surface area contributed by atoms with Crippen LogP contribution in [-0.4, -0.2) is 14.8 Å². The van der Waals surface area contributed by atoms with Crippen LogP contribution in [0.2, 0.25) is 0 Å². The molecule has 0 bridgehead atoms. The van der Waals surface area contributed by atoms with E-state index in [-0.39, 0.29) is 16.5 Å². The van der Waals surface area contributed by atoms with Gasteiger partial charge in [0.15, 0.2) is 0 Å². The van der Waals surface area contributed by atoms with Crippen LogP contribution in [0.25, 0.3) is 0 Å². The number of nitrogens with two attached hydrogens (primary N) is 1. The average molecular weight is 269 g/mol. The SMILES string of the molecule is Cc1c(C)c(=O)n(CCC(C)(C)C(N)=S)[nH]c1=O. The Kier molecular flexibility index (Phi) is 4.11. The fraction of sp³-hybridized carbons (Fsp3) is 0.583. The van der Waals surface area contributed by atoms with E-state index in [1.54, 1.807) is 13.8 Å². The highest BCUT2D eigenvalue weighted by molar-refractivity contribution is 7.80. The minimum atomic E-state index is -0.343. The molecule has 0 atom stereocenters. The summed E-state index contributed by atoms with van der Waals surface area (Å²) in [7, 11) is 0. The number of aromatic amines is 1. The van der Waals surface area contributed by atoms with Crippen LogP contribution in [0.15, 0.2) is 9.59 Å². The third kappa shape index (κ3) is 2.87. The first-order chi connectivity index (χ1) is 8.16. The summed E-state index contributed by atoms with van der Waals surface area (Å²) in [6, 6.07) is 0. The van der Waals surface area contributed by atoms with Crippen molar-refractivity contribution >= 4 is 17.2 Å². The molecular weight excluding hydrogens is 250 g/mol. The van der Waals surface area contributed by atoms with Crippen LogP contribution < -0.4 is 16.9 Å². The summed E-state index contributed by atoms with van der Waals surface area (Å²) in [6.07, 6.45) is 0.598. The molecule has 1 aromatic heterocycles. The number of aryl methyl sites for hydroxylation is 1. The van der Waals surface area contributed by atoms with Gasteiger partial charge < -0.3 is 5.73 Å². The Morgan fingerprint density at radius 1 is 1.33 bits per heavy atom. The van der Waals surface area contributed by atoms with Gasteiger partial charge in [-0.15, -0.1) is 0 Å². The van der Waals surface area contributed by atoms with E-state index in [2.05, 4.69) is 5.10 Å². The van der Waals surface area contributed by atoms with Gasteiger partial charge >= 0.3 is 0 Å². The van der Waals surface area contributed by atoms with Gasteiger partial charge in [-0.3, -0.25) is 14.7 Å². The lowest BCUT2D eigenvalue weighted by atomic mass is 9.89. The summed E-state index contributed by atoms with van der Waals surface area (Å²) in [5.74, 6) is 0. The number of aromatic nitrogens is 2. The summed E-state index contributed by atoms with van der Waals surface area (Å²) in [6.45, 7) is 7.51. The quantitative estimate of drug-likeness (QED) is 0.794. The van der Waals surface area contributed by atoms with Gasteiger partial charge in [0.25, 0.3) is 11.1 Å². The van der Waals surface area contributed by atoms with Crippen LogP contribution in [0.4, 0.5) is 0 Å². The average Bonchev–Trinajstić information content (AvgIpc) is 2.29. The molecule has 0 unspecified atom stereocenters. The smallest absolute Gasteiger partial charge is 0.268 e. The molecular formula is C12H19N3O2S. The van der Waals surface area contributed by atoms with Crippen molar-refractivity contribution in [2.24, 2.45) is 11.1 Å². The second kappa shape index (κ2) is 5.06. The van der Waals surface area contributed by atoms with Crippen molar-refractivity contribution in [2.45, 2.75) is 40.7 Å². The van der Waals surface area contributed by atoms with E-state index in [1.165, 1.54) is 4.68 Å². The maximum atomic E-state index is 12.0. The van der Waals surface area contributed by atoms with Gasteiger partial charge in [0.1, 0.15) is 0 Å². The van der Waals surface area contributed by atoms with Gasteiger partial charge in [-0.05, 0) is 20.3 Å². The molecule has 0 saturated carbocycles. The third-order valence-electron chi connectivity index (χ3n) is 3.33. The van der Waals surface area contributed by atoms with Crippen molar-refractivity contribution in [3.05, 3.63) is 31.8 Å². The van der Waals surface area contributed by atoms with Gasteiger partial charge in [0.2, 0.25) is 0 Å². The fourth-order valence-electron chi connectivity index (χ4n) is 1.46. The molecule has 0 radical (unpaired) electrons. The molecule has 1 aromatic rings. The van der Waals surface area contributed by atoms with Crippen molar-refractivity contribution in [1.29, 1.82) is 0 Å². The van der Waals surface area contributed by atoms with Crippen molar-refractivity contribution in [3.8, 4) is 0 Å². The van der Waals surface area contributed by atoms with Gasteiger partial charge in [0.05, 0.1) is 4.99 Å². The molecule has 0 aromatic carbocycles. The molecule has 1 heterocycles. The zero-order valence-corrected chi connectivity index (χ0v) is 12.0. The fourth-order valence-corrected chi connectivity index (χ4v) is 1.56. The lowest BCUT2D eigenvalue weighted by Crippen LogP contribution is -2.36. The molecule has 0 saturated heterocycles. The van der Waals surface area contributed by atoms with Crippen molar-refractivity contribution < 1.29 is 0 Å². The van der Waals surface area contributed by atoms with Crippen LogP contribution in [-0.2, 0) is 6.54 Å². The van der Waals surface area contributed by atoms with Crippen LogP contribution in [0.3, 0.4) is 0 Å². The maximum absolute atomic E-state index is 12.0. The molecule has 1 rings (SSSR count). The summed E-state index contributed by atoms with van der Waals surface area (Å²) < 4.78 is 1.32. The summed E-state index contributed by atoms with van der Waals surface area (Å²) in [5, 5.41) is 2.56. The van der Waals surface area contributed by atoms with E-state index in [9.17, 15) is 9.59 Å². The Hall–Kier alpha value is -1.43. The Morgan fingerprint density at radius 3 is 2.39 bits per heavy atom. The Balaban J connectivity index is 3.05. The predicted molar refractivity (Wildman–Crippen MR) is 76.0 cm³/mol. The Labute approximate surface area is 111 Å². The second-order valence-corrected chi connectivity index (χ2v) is 5.59. The zero-order chi connectivity index (χ0) is 14.1. The molecule has 0 aliphatic carbocycles. The number of nitrogens with one attached hydrogen (secondary N) is 1. The van der Waals surface area contributed by atoms with Crippen molar-refractivity contribution in [1.82, 2.24) is 9.78 Å². The Bertz CT molecular complexity index is 584. The number of hydrogen-bond acceptors (Lipinski definition) is 3. The molecule has 0 aliphatic heterocycles. The van der Waals surface area contributed by atoms with E-state index in [4.69, 9.17) is 18.0 Å². The highest BCUT2D eigenvalue weighted by Gasteiger charge is 2.21. The van der Waals surface area contributed by atoms with E-state index in [1.807, 2.05) is 13.8 Å². The van der Waals surface area contributed by atoms with Crippen molar-refractivity contribution in [3.63, 3.8) is 0 Å². The lowest BCUT2D eigenvalue weighted by Gasteiger charge is -2.23. The van der Waals surface area contributed by atoms with Gasteiger partial charge in [-0.25, -0.2) is 4.68 Å². The largest absolute Gasteiger partial charge is 0.393 e. The summed E-state index contributed by atoms with van der Waals surface area (Å²) in [4.78, 5) is 24.0. The molecule has 18 heavy (non-hydrogen) atoms. The van der Waals surface area contributed by atoms with E-state index in [0.29, 0.717) is 29.1 Å². The predicted octanol–water partition coefficient (Wildman–Crippen LogP) is 0.856. The Morgan fingerprint density at radius 2 is 1.89 bits per heavy atom.